The molecule has 0 aromatic carbocycles. The molecule has 10 heavy (non-hydrogen) atoms. The summed E-state index contributed by atoms with van der Waals surface area (Å²) in [6.45, 7) is 0. The largest absolute Gasteiger partial charge is 0.337 e. The zero-order valence-electron chi connectivity index (χ0n) is 8.45. The topological polar surface area (TPSA) is 27.3 Å². The van der Waals surface area contributed by atoms with Gasteiger partial charge in [0.1, 0.15) is 0 Å². The first-order valence-corrected chi connectivity index (χ1v) is 4.24. The van der Waals surface area contributed by atoms with Gasteiger partial charge in [-0.3, -0.25) is 0 Å². The molecule has 4 heteroatoms. The summed E-state index contributed by atoms with van der Waals surface area (Å²) in [5, 5.41) is 5.50. The van der Waals surface area contributed by atoms with Crippen molar-refractivity contribution >= 4 is 10.4 Å². The van der Waals surface area contributed by atoms with Crippen LogP contribution in [0.15, 0.2) is 0 Å². The van der Waals surface area contributed by atoms with E-state index in [0.717, 1.165) is 0 Å². The fourth-order valence-electron chi connectivity index (χ4n) is 0. The molecule has 0 radical (unpaired) electrons. The number of hydrogen-bond acceptors (Lipinski definition) is 3. The maximum atomic E-state index is 2.75. The SMILES string of the molecule is CN(C)[SiH3].CNC.CNC. The second-order valence-electron chi connectivity index (χ2n) is 2.34. The molecule has 2 N–H and O–H groups in total. The summed E-state index contributed by atoms with van der Waals surface area (Å²) in [6.07, 6.45) is 0. The molecule has 0 rings (SSSR count). The summed E-state index contributed by atoms with van der Waals surface area (Å²) >= 11 is 0. The summed E-state index contributed by atoms with van der Waals surface area (Å²) in [5.74, 6) is 0. The molecular weight excluding hydrogens is 142 g/mol. The van der Waals surface area contributed by atoms with Gasteiger partial charge in [0.05, 0.1) is 10.4 Å². The van der Waals surface area contributed by atoms with E-state index in [1.165, 1.54) is 10.4 Å². The number of hydrogen-bond donors (Lipinski definition) is 2. The first-order chi connectivity index (χ1) is 4.56. The average molecular weight is 165 g/mol. The lowest BCUT2D eigenvalue weighted by Gasteiger charge is -1.90. The first-order valence-electron chi connectivity index (χ1n) is 3.34. The quantitative estimate of drug-likeness (QED) is 0.428. The number of rotatable bonds is 0. The van der Waals surface area contributed by atoms with Gasteiger partial charge in [-0.25, -0.2) is 0 Å². The third-order valence-electron chi connectivity index (χ3n) is 0. The molecule has 0 aliphatic rings. The highest BCUT2D eigenvalue weighted by atomic mass is 28.2. The molecule has 0 heterocycles. The molecule has 0 spiro atoms. The Hall–Kier alpha value is 0.0969. The van der Waals surface area contributed by atoms with Crippen LogP contribution in [0.3, 0.4) is 0 Å². The van der Waals surface area contributed by atoms with Crippen molar-refractivity contribution in [1.82, 2.24) is 15.2 Å². The lowest BCUT2D eigenvalue weighted by atomic mass is 11.3. The van der Waals surface area contributed by atoms with E-state index in [9.17, 15) is 0 Å². The summed E-state index contributed by atoms with van der Waals surface area (Å²) in [6, 6.07) is 0. The second kappa shape index (κ2) is 23.0. The highest BCUT2D eigenvalue weighted by Gasteiger charge is 1.58. The van der Waals surface area contributed by atoms with Crippen LogP contribution < -0.4 is 10.6 Å². The van der Waals surface area contributed by atoms with Gasteiger partial charge >= 0.3 is 0 Å². The smallest absolute Gasteiger partial charge is 0.0777 e. The van der Waals surface area contributed by atoms with E-state index < -0.39 is 0 Å². The Bertz CT molecular complexity index is 29.4. The van der Waals surface area contributed by atoms with Crippen LogP contribution in [-0.2, 0) is 0 Å². The van der Waals surface area contributed by atoms with E-state index in [1.54, 1.807) is 0 Å². The first kappa shape index (κ1) is 16.6. The molecule has 0 saturated carbocycles. The Labute approximate surface area is 68.7 Å². The Balaban J connectivity index is -0.0000000750. The van der Waals surface area contributed by atoms with Crippen LogP contribution >= 0.6 is 0 Å². The fourth-order valence-corrected chi connectivity index (χ4v) is 0. The van der Waals surface area contributed by atoms with Gasteiger partial charge in [-0.15, -0.1) is 0 Å². The van der Waals surface area contributed by atoms with Crippen molar-refractivity contribution in [3.63, 3.8) is 0 Å². The Morgan fingerprint density at radius 3 is 0.900 bits per heavy atom. The van der Waals surface area contributed by atoms with Gasteiger partial charge in [0.2, 0.25) is 0 Å². The van der Waals surface area contributed by atoms with E-state index in [4.69, 9.17) is 0 Å². The number of nitrogens with zero attached hydrogens (tertiary/aromatic N) is 1. The van der Waals surface area contributed by atoms with Crippen LogP contribution in [-0.4, -0.2) is 57.3 Å². The van der Waals surface area contributed by atoms with Gasteiger partial charge in [0, 0.05) is 0 Å². The van der Waals surface area contributed by atoms with E-state index in [-0.39, 0.29) is 0 Å². The Morgan fingerprint density at radius 2 is 0.900 bits per heavy atom. The van der Waals surface area contributed by atoms with E-state index in [2.05, 4.69) is 29.3 Å². The van der Waals surface area contributed by atoms with E-state index in [1.807, 2.05) is 28.2 Å². The van der Waals surface area contributed by atoms with Crippen LogP contribution in [0.25, 0.3) is 0 Å². The summed E-state index contributed by atoms with van der Waals surface area (Å²) in [4.78, 5) is 0. The van der Waals surface area contributed by atoms with E-state index in [0.29, 0.717) is 0 Å². The molecule has 0 aromatic rings. The van der Waals surface area contributed by atoms with Crippen LogP contribution in [0.5, 0.6) is 0 Å². The number of nitrogens with one attached hydrogen (secondary N) is 2. The van der Waals surface area contributed by atoms with Gasteiger partial charge in [-0.2, -0.15) is 0 Å². The molecule has 0 bridgehead atoms. The molecule has 0 saturated heterocycles. The molecule has 0 atom stereocenters. The third kappa shape index (κ3) is 43400. The predicted molar refractivity (Wildman–Crippen MR) is 53.6 cm³/mol. The highest BCUT2D eigenvalue weighted by molar-refractivity contribution is 6.03. The van der Waals surface area contributed by atoms with Crippen molar-refractivity contribution in [3.05, 3.63) is 0 Å². The van der Waals surface area contributed by atoms with Gasteiger partial charge in [0.15, 0.2) is 0 Å². The van der Waals surface area contributed by atoms with Gasteiger partial charge in [0.25, 0.3) is 0 Å². The fraction of sp³-hybridized carbons (Fsp3) is 1.00. The molecule has 0 fully saturated rings. The summed E-state index contributed by atoms with van der Waals surface area (Å²) in [7, 11) is 12.8. The van der Waals surface area contributed by atoms with Crippen molar-refractivity contribution in [2.45, 2.75) is 0 Å². The second-order valence-corrected chi connectivity index (χ2v) is 4.13. The summed E-state index contributed by atoms with van der Waals surface area (Å²) in [5.41, 5.74) is 0. The molecule has 0 aromatic heterocycles. The van der Waals surface area contributed by atoms with Crippen molar-refractivity contribution in [2.75, 3.05) is 42.3 Å². The maximum Gasteiger partial charge on any atom is 0.0777 e. The van der Waals surface area contributed by atoms with Crippen LogP contribution in [0, 0.1) is 0 Å². The lowest BCUT2D eigenvalue weighted by Crippen LogP contribution is -2.02. The zero-order chi connectivity index (χ0) is 8.99. The molecule has 66 valence electrons. The monoisotopic (exact) mass is 165 g/mol. The van der Waals surface area contributed by atoms with Crippen molar-refractivity contribution in [3.8, 4) is 0 Å². The minimum Gasteiger partial charge on any atom is -0.337 e. The van der Waals surface area contributed by atoms with Crippen LogP contribution in [0.2, 0.25) is 0 Å². The molecule has 0 unspecified atom stereocenters. The van der Waals surface area contributed by atoms with E-state index >= 15 is 0 Å². The molecule has 0 aliphatic heterocycles. The van der Waals surface area contributed by atoms with Crippen LogP contribution in [0.1, 0.15) is 0 Å². The maximum absolute atomic E-state index is 2.75. The third-order valence-corrected chi connectivity index (χ3v) is 0. The standard InChI is InChI=1S/C2H9NSi.2C2H7N/c1-3(2)4;2*1-3-2/h1-2,4H3;2*3H,1-2H3. The molecular formula is C6H23N3Si. The zero-order valence-corrected chi connectivity index (χ0v) is 10.4. The molecule has 3 nitrogen and oxygen atoms in total. The minimum atomic E-state index is 1.18. The van der Waals surface area contributed by atoms with Gasteiger partial charge < -0.3 is 15.2 Å². The van der Waals surface area contributed by atoms with Crippen LogP contribution in [0.4, 0.5) is 0 Å². The van der Waals surface area contributed by atoms with Gasteiger partial charge in [-0.05, 0) is 42.3 Å². The lowest BCUT2D eigenvalue weighted by molar-refractivity contribution is 0.679. The minimum absolute atomic E-state index is 1.18. The normalized spacial score (nSPS) is 7.50. The van der Waals surface area contributed by atoms with Crippen molar-refractivity contribution in [2.24, 2.45) is 0 Å². The van der Waals surface area contributed by atoms with Gasteiger partial charge in [-0.1, -0.05) is 0 Å². The van der Waals surface area contributed by atoms with Crippen molar-refractivity contribution < 1.29 is 0 Å². The Kier molecular flexibility index (Phi) is 38.1. The highest BCUT2D eigenvalue weighted by Crippen LogP contribution is 1.44. The molecule has 0 aliphatic carbocycles. The average Bonchev–Trinajstić information content (AvgIpc) is 1.65. The van der Waals surface area contributed by atoms with Crippen molar-refractivity contribution in [1.29, 1.82) is 0 Å². The predicted octanol–water partition coefficient (Wildman–Crippen LogP) is -1.50. The Morgan fingerprint density at radius 1 is 0.900 bits per heavy atom. The molecule has 0 amide bonds. The summed E-state index contributed by atoms with van der Waals surface area (Å²) < 4.78 is 2.14.